The van der Waals surface area contributed by atoms with Crippen molar-refractivity contribution in [2.75, 3.05) is 26.1 Å². The average Bonchev–Trinajstić information content (AvgIpc) is 2.77. The summed E-state index contributed by atoms with van der Waals surface area (Å²) in [5.74, 6) is 2.61. The largest absolute Gasteiger partial charge is 0.496 e. The number of aryl methyl sites for hydroxylation is 1. The smallest absolute Gasteiger partial charge is 0.174 e. The van der Waals surface area contributed by atoms with Crippen molar-refractivity contribution in [3.63, 3.8) is 0 Å². The highest BCUT2D eigenvalue weighted by Crippen LogP contribution is 2.45. The highest BCUT2D eigenvalue weighted by atomic mass is 16.6. The number of benzene rings is 1. The molecule has 19 heavy (non-hydrogen) atoms. The van der Waals surface area contributed by atoms with Crippen LogP contribution in [0.2, 0.25) is 0 Å². The lowest BCUT2D eigenvalue weighted by molar-refractivity contribution is 0.171. The van der Waals surface area contributed by atoms with E-state index in [9.17, 15) is 0 Å². The molecule has 2 heterocycles. The zero-order valence-electron chi connectivity index (χ0n) is 10.8. The molecule has 1 aliphatic heterocycles. The number of fused-ring (bicyclic) bond motifs is 1. The highest BCUT2D eigenvalue weighted by Gasteiger charge is 2.23. The van der Waals surface area contributed by atoms with E-state index in [2.05, 4.69) is 5.10 Å². The fourth-order valence-corrected chi connectivity index (χ4v) is 2.11. The first-order chi connectivity index (χ1) is 9.20. The van der Waals surface area contributed by atoms with Crippen molar-refractivity contribution in [3.8, 4) is 28.5 Å². The molecule has 3 rings (SSSR count). The van der Waals surface area contributed by atoms with Crippen LogP contribution in [0.4, 0.5) is 5.82 Å². The number of anilines is 1. The summed E-state index contributed by atoms with van der Waals surface area (Å²) in [7, 11) is 3.40. The zero-order chi connectivity index (χ0) is 13.4. The van der Waals surface area contributed by atoms with Crippen LogP contribution < -0.4 is 19.9 Å². The molecule has 1 aromatic carbocycles. The Kier molecular flexibility index (Phi) is 2.70. The van der Waals surface area contributed by atoms with Gasteiger partial charge in [0.2, 0.25) is 0 Å². The molecular weight excluding hydrogens is 246 g/mol. The molecule has 1 aromatic heterocycles. The number of hydrogen-bond donors (Lipinski definition) is 1. The standard InChI is InChI=1S/C13H15N3O3/c1-16-11(14)7-8(15-16)12-9(17-2)3-4-10-13(12)19-6-5-18-10/h3-4,7H,5-6,14H2,1-2H3. The van der Waals surface area contributed by atoms with Crippen molar-refractivity contribution in [1.82, 2.24) is 9.78 Å². The lowest BCUT2D eigenvalue weighted by Gasteiger charge is -2.21. The van der Waals surface area contributed by atoms with E-state index in [1.54, 1.807) is 24.9 Å². The van der Waals surface area contributed by atoms with Crippen LogP contribution in [0, 0.1) is 0 Å². The Labute approximate surface area is 110 Å². The predicted molar refractivity (Wildman–Crippen MR) is 70.6 cm³/mol. The van der Waals surface area contributed by atoms with E-state index in [0.717, 1.165) is 5.56 Å². The molecule has 2 N–H and O–H groups in total. The Hall–Kier alpha value is -2.37. The predicted octanol–water partition coefficient (Wildman–Crippen LogP) is 1.45. The van der Waals surface area contributed by atoms with Gasteiger partial charge in [0, 0.05) is 13.1 Å². The maximum absolute atomic E-state index is 5.83. The Morgan fingerprint density at radius 3 is 2.79 bits per heavy atom. The van der Waals surface area contributed by atoms with Gasteiger partial charge in [-0.15, -0.1) is 0 Å². The minimum absolute atomic E-state index is 0.509. The van der Waals surface area contributed by atoms with Crippen LogP contribution in [0.25, 0.3) is 11.3 Å². The second-order valence-corrected chi connectivity index (χ2v) is 4.25. The Bertz CT molecular complexity index is 602. The monoisotopic (exact) mass is 261 g/mol. The number of nitrogens with two attached hydrogens (primary N) is 1. The van der Waals surface area contributed by atoms with E-state index in [1.807, 2.05) is 12.1 Å². The summed E-state index contributed by atoms with van der Waals surface area (Å²) >= 11 is 0. The summed E-state index contributed by atoms with van der Waals surface area (Å²) in [5, 5.41) is 4.37. The lowest BCUT2D eigenvalue weighted by Crippen LogP contribution is -2.16. The number of nitrogens with zero attached hydrogens (tertiary/aromatic N) is 2. The van der Waals surface area contributed by atoms with Crippen molar-refractivity contribution < 1.29 is 14.2 Å². The number of aromatic nitrogens is 2. The molecule has 0 amide bonds. The summed E-state index contributed by atoms with van der Waals surface area (Å²) in [6.45, 7) is 1.05. The molecule has 1 aliphatic rings. The molecule has 0 bridgehead atoms. The molecule has 0 saturated carbocycles. The van der Waals surface area contributed by atoms with Gasteiger partial charge in [0.05, 0.1) is 12.7 Å². The van der Waals surface area contributed by atoms with E-state index >= 15 is 0 Å². The third kappa shape index (κ3) is 1.85. The van der Waals surface area contributed by atoms with E-state index < -0.39 is 0 Å². The summed E-state index contributed by atoms with van der Waals surface area (Å²) in [6, 6.07) is 5.47. The quantitative estimate of drug-likeness (QED) is 0.885. The van der Waals surface area contributed by atoms with Gasteiger partial charge in [-0.3, -0.25) is 4.68 Å². The Morgan fingerprint density at radius 2 is 2.11 bits per heavy atom. The molecule has 0 fully saturated rings. The Balaban J connectivity index is 2.22. The van der Waals surface area contributed by atoms with Gasteiger partial charge in [0.25, 0.3) is 0 Å². The van der Waals surface area contributed by atoms with Crippen LogP contribution in [0.5, 0.6) is 17.2 Å². The molecule has 0 atom stereocenters. The van der Waals surface area contributed by atoms with Gasteiger partial charge in [-0.1, -0.05) is 0 Å². The van der Waals surface area contributed by atoms with Gasteiger partial charge >= 0.3 is 0 Å². The molecule has 0 saturated heterocycles. The zero-order valence-corrected chi connectivity index (χ0v) is 10.8. The van der Waals surface area contributed by atoms with Crippen LogP contribution in [0.3, 0.4) is 0 Å². The molecule has 6 heteroatoms. The van der Waals surface area contributed by atoms with Crippen molar-refractivity contribution in [2.24, 2.45) is 7.05 Å². The number of rotatable bonds is 2. The lowest BCUT2D eigenvalue weighted by atomic mass is 10.1. The van der Waals surface area contributed by atoms with Crippen molar-refractivity contribution in [1.29, 1.82) is 0 Å². The first-order valence-corrected chi connectivity index (χ1v) is 5.97. The second kappa shape index (κ2) is 4.38. The van der Waals surface area contributed by atoms with Crippen LogP contribution in [-0.2, 0) is 7.05 Å². The van der Waals surface area contributed by atoms with E-state index in [-0.39, 0.29) is 0 Å². The fourth-order valence-electron chi connectivity index (χ4n) is 2.11. The SMILES string of the molecule is COc1ccc2c(c1-c1cc(N)n(C)n1)OCCO2. The van der Waals surface area contributed by atoms with Crippen LogP contribution in [0.15, 0.2) is 18.2 Å². The van der Waals surface area contributed by atoms with Crippen LogP contribution in [0.1, 0.15) is 0 Å². The van der Waals surface area contributed by atoms with Gasteiger partial charge in [0.1, 0.15) is 30.5 Å². The molecular formula is C13H15N3O3. The third-order valence-electron chi connectivity index (χ3n) is 3.06. The number of nitrogen functional groups attached to an aromatic ring is 1. The van der Waals surface area contributed by atoms with Gasteiger partial charge in [0.15, 0.2) is 11.5 Å². The van der Waals surface area contributed by atoms with Gasteiger partial charge in [-0.05, 0) is 12.1 Å². The maximum atomic E-state index is 5.83. The number of methoxy groups -OCH3 is 1. The summed E-state index contributed by atoms with van der Waals surface area (Å²) < 4.78 is 18.3. The summed E-state index contributed by atoms with van der Waals surface area (Å²) in [4.78, 5) is 0. The topological polar surface area (TPSA) is 71.5 Å². The number of ether oxygens (including phenoxy) is 3. The van der Waals surface area contributed by atoms with E-state index in [0.29, 0.717) is 42.0 Å². The summed E-state index contributed by atoms with van der Waals surface area (Å²) in [5.41, 5.74) is 7.31. The second-order valence-electron chi connectivity index (χ2n) is 4.25. The molecule has 0 spiro atoms. The summed E-state index contributed by atoms with van der Waals surface area (Å²) in [6.07, 6.45) is 0. The minimum Gasteiger partial charge on any atom is -0.496 e. The molecule has 0 unspecified atom stereocenters. The molecule has 0 radical (unpaired) electrons. The molecule has 100 valence electrons. The fraction of sp³-hybridized carbons (Fsp3) is 0.308. The third-order valence-corrected chi connectivity index (χ3v) is 3.06. The van der Waals surface area contributed by atoms with Gasteiger partial charge in [-0.2, -0.15) is 5.10 Å². The van der Waals surface area contributed by atoms with Gasteiger partial charge < -0.3 is 19.9 Å². The van der Waals surface area contributed by atoms with Crippen molar-refractivity contribution in [2.45, 2.75) is 0 Å². The van der Waals surface area contributed by atoms with Crippen molar-refractivity contribution in [3.05, 3.63) is 18.2 Å². The highest BCUT2D eigenvalue weighted by molar-refractivity contribution is 5.79. The molecule has 2 aromatic rings. The first kappa shape index (κ1) is 11.7. The minimum atomic E-state index is 0.509. The normalized spacial score (nSPS) is 13.4. The van der Waals surface area contributed by atoms with E-state index in [1.165, 1.54) is 0 Å². The van der Waals surface area contributed by atoms with Crippen molar-refractivity contribution >= 4 is 5.82 Å². The van der Waals surface area contributed by atoms with Gasteiger partial charge in [-0.25, -0.2) is 0 Å². The average molecular weight is 261 g/mol. The molecule has 6 nitrogen and oxygen atoms in total. The maximum Gasteiger partial charge on any atom is 0.174 e. The Morgan fingerprint density at radius 1 is 1.32 bits per heavy atom. The van der Waals surface area contributed by atoms with Crippen LogP contribution in [-0.4, -0.2) is 30.1 Å². The number of hydrogen-bond acceptors (Lipinski definition) is 5. The molecule has 0 aliphatic carbocycles. The first-order valence-electron chi connectivity index (χ1n) is 5.97. The van der Waals surface area contributed by atoms with E-state index in [4.69, 9.17) is 19.9 Å². The van der Waals surface area contributed by atoms with Crippen LogP contribution >= 0.6 is 0 Å².